The summed E-state index contributed by atoms with van der Waals surface area (Å²) in [5.41, 5.74) is 5.39. The van der Waals surface area contributed by atoms with Gasteiger partial charge in [-0.25, -0.2) is 0 Å². The molecule has 2 aliphatic rings. The first kappa shape index (κ1) is 10.9. The highest BCUT2D eigenvalue weighted by Gasteiger charge is 2.34. The van der Waals surface area contributed by atoms with Crippen molar-refractivity contribution in [3.05, 3.63) is 0 Å². The molecule has 0 aromatic rings. The van der Waals surface area contributed by atoms with E-state index >= 15 is 0 Å². The summed E-state index contributed by atoms with van der Waals surface area (Å²) >= 11 is 0. The van der Waals surface area contributed by atoms with Gasteiger partial charge in [-0.15, -0.1) is 0 Å². The normalized spacial score (nSPS) is 32.9. The van der Waals surface area contributed by atoms with E-state index in [2.05, 4.69) is 5.32 Å². The molecule has 4 nitrogen and oxygen atoms in total. The predicted molar refractivity (Wildman–Crippen MR) is 57.3 cm³/mol. The zero-order chi connectivity index (χ0) is 10.8. The van der Waals surface area contributed by atoms with Crippen molar-refractivity contribution in [3.8, 4) is 0 Å². The molecule has 86 valence electrons. The Hall–Kier alpha value is -0.610. The molecule has 1 aliphatic heterocycles. The van der Waals surface area contributed by atoms with Gasteiger partial charge < -0.3 is 15.8 Å². The Balaban J connectivity index is 1.83. The van der Waals surface area contributed by atoms with Crippen LogP contribution >= 0.6 is 0 Å². The highest BCUT2D eigenvalue weighted by atomic mass is 16.5. The monoisotopic (exact) mass is 212 g/mol. The van der Waals surface area contributed by atoms with E-state index in [0.29, 0.717) is 0 Å². The Bertz CT molecular complexity index is 241. The molecule has 4 heteroatoms. The third kappa shape index (κ3) is 2.92. The minimum absolute atomic E-state index is 0.0174. The Morgan fingerprint density at radius 1 is 1.47 bits per heavy atom. The first-order chi connectivity index (χ1) is 7.16. The number of primary amides is 1. The van der Waals surface area contributed by atoms with Gasteiger partial charge in [0.05, 0.1) is 12.2 Å². The molecule has 2 rings (SSSR count). The highest BCUT2D eigenvalue weighted by Crippen LogP contribution is 2.28. The fraction of sp³-hybridized carbons (Fsp3) is 0.909. The van der Waals surface area contributed by atoms with E-state index in [0.717, 1.165) is 25.3 Å². The number of rotatable bonds is 5. The van der Waals surface area contributed by atoms with E-state index < -0.39 is 0 Å². The van der Waals surface area contributed by atoms with Crippen LogP contribution in [-0.2, 0) is 9.53 Å². The molecule has 3 unspecified atom stereocenters. The van der Waals surface area contributed by atoms with Crippen molar-refractivity contribution in [2.24, 2.45) is 11.7 Å². The number of ether oxygens (including phenoxy) is 1. The maximum atomic E-state index is 11.3. The van der Waals surface area contributed by atoms with E-state index in [-0.39, 0.29) is 24.2 Å². The molecule has 1 heterocycles. The molecule has 1 saturated carbocycles. The van der Waals surface area contributed by atoms with Crippen LogP contribution in [0.1, 0.15) is 32.6 Å². The van der Waals surface area contributed by atoms with E-state index in [9.17, 15) is 4.79 Å². The van der Waals surface area contributed by atoms with Crippen LogP contribution in [0.2, 0.25) is 0 Å². The molecule has 0 aromatic carbocycles. The summed E-state index contributed by atoms with van der Waals surface area (Å²) in [6, 6.07) is -0.296. The topological polar surface area (TPSA) is 64.3 Å². The van der Waals surface area contributed by atoms with Gasteiger partial charge >= 0.3 is 0 Å². The molecule has 1 aliphatic carbocycles. The van der Waals surface area contributed by atoms with Gasteiger partial charge in [-0.3, -0.25) is 4.79 Å². The Morgan fingerprint density at radius 2 is 2.20 bits per heavy atom. The second-order valence-corrected chi connectivity index (χ2v) is 4.79. The fourth-order valence-corrected chi connectivity index (χ4v) is 2.11. The minimum Gasteiger partial charge on any atom is -0.373 e. The smallest absolute Gasteiger partial charge is 0.237 e. The van der Waals surface area contributed by atoms with Gasteiger partial charge in [-0.1, -0.05) is 0 Å². The van der Waals surface area contributed by atoms with Crippen LogP contribution in [0.4, 0.5) is 0 Å². The molecular formula is C11H20N2O2. The molecule has 3 atom stereocenters. The van der Waals surface area contributed by atoms with Crippen molar-refractivity contribution in [1.82, 2.24) is 5.32 Å². The molecule has 0 aromatic heterocycles. The van der Waals surface area contributed by atoms with Crippen LogP contribution in [0.3, 0.4) is 0 Å². The number of carbonyl (C=O) groups excluding carboxylic acids is 1. The lowest BCUT2D eigenvalue weighted by atomic mass is 10.1. The van der Waals surface area contributed by atoms with E-state index in [1.165, 1.54) is 12.8 Å². The van der Waals surface area contributed by atoms with Gasteiger partial charge in [0.25, 0.3) is 0 Å². The lowest BCUT2D eigenvalue weighted by Gasteiger charge is -2.21. The zero-order valence-electron chi connectivity index (χ0n) is 9.24. The number of nitrogens with one attached hydrogen (secondary N) is 1. The van der Waals surface area contributed by atoms with Crippen LogP contribution in [0.5, 0.6) is 0 Å². The molecule has 0 spiro atoms. The molecule has 0 bridgehead atoms. The lowest BCUT2D eigenvalue weighted by molar-refractivity contribution is -0.123. The molecule has 0 radical (unpaired) electrons. The summed E-state index contributed by atoms with van der Waals surface area (Å²) in [7, 11) is 0. The van der Waals surface area contributed by atoms with E-state index in [1.807, 2.05) is 6.92 Å². The SMILES string of the molecule is CC1CCC(C(NCC2CC2)C(N)=O)O1. The summed E-state index contributed by atoms with van der Waals surface area (Å²) in [5.74, 6) is 0.473. The summed E-state index contributed by atoms with van der Waals surface area (Å²) in [5, 5.41) is 3.24. The Morgan fingerprint density at radius 3 is 2.67 bits per heavy atom. The molecule has 1 saturated heterocycles. The molecule has 3 N–H and O–H groups in total. The average Bonchev–Trinajstić information content (AvgIpc) is 2.89. The summed E-state index contributed by atoms with van der Waals surface area (Å²) in [6.07, 6.45) is 4.77. The van der Waals surface area contributed by atoms with Crippen molar-refractivity contribution >= 4 is 5.91 Å². The van der Waals surface area contributed by atoms with Crippen molar-refractivity contribution in [1.29, 1.82) is 0 Å². The first-order valence-corrected chi connectivity index (χ1v) is 5.85. The average molecular weight is 212 g/mol. The quantitative estimate of drug-likeness (QED) is 0.693. The van der Waals surface area contributed by atoms with Crippen molar-refractivity contribution in [2.45, 2.75) is 50.9 Å². The fourth-order valence-electron chi connectivity index (χ4n) is 2.11. The molecule has 1 amide bonds. The molecule has 2 fully saturated rings. The number of hydrogen-bond acceptors (Lipinski definition) is 3. The van der Waals surface area contributed by atoms with Crippen LogP contribution in [0.25, 0.3) is 0 Å². The number of carbonyl (C=O) groups is 1. The predicted octanol–water partition coefficient (Wildman–Crippen LogP) is 0.407. The van der Waals surface area contributed by atoms with Gasteiger partial charge in [0.15, 0.2) is 0 Å². The summed E-state index contributed by atoms with van der Waals surface area (Å²) in [6.45, 7) is 2.95. The number of nitrogens with two attached hydrogens (primary N) is 1. The third-order valence-electron chi connectivity index (χ3n) is 3.27. The number of amides is 1. The Labute approximate surface area is 90.5 Å². The van der Waals surface area contributed by atoms with Crippen LogP contribution in [0, 0.1) is 5.92 Å². The third-order valence-corrected chi connectivity index (χ3v) is 3.27. The summed E-state index contributed by atoms with van der Waals surface area (Å²) in [4.78, 5) is 11.3. The molecule has 15 heavy (non-hydrogen) atoms. The highest BCUT2D eigenvalue weighted by molar-refractivity contribution is 5.80. The van der Waals surface area contributed by atoms with E-state index in [4.69, 9.17) is 10.5 Å². The Kier molecular flexibility index (Phi) is 3.26. The van der Waals surface area contributed by atoms with Crippen molar-refractivity contribution < 1.29 is 9.53 Å². The van der Waals surface area contributed by atoms with Gasteiger partial charge in [0, 0.05) is 0 Å². The van der Waals surface area contributed by atoms with Gasteiger partial charge in [-0.2, -0.15) is 0 Å². The van der Waals surface area contributed by atoms with Crippen LogP contribution in [0.15, 0.2) is 0 Å². The molecular weight excluding hydrogens is 192 g/mol. The second-order valence-electron chi connectivity index (χ2n) is 4.79. The van der Waals surface area contributed by atoms with Gasteiger partial charge in [0.2, 0.25) is 5.91 Å². The van der Waals surface area contributed by atoms with Gasteiger partial charge in [-0.05, 0) is 45.1 Å². The van der Waals surface area contributed by atoms with Crippen LogP contribution < -0.4 is 11.1 Å². The van der Waals surface area contributed by atoms with E-state index in [1.54, 1.807) is 0 Å². The lowest BCUT2D eigenvalue weighted by Crippen LogP contribution is -2.50. The maximum absolute atomic E-state index is 11.3. The first-order valence-electron chi connectivity index (χ1n) is 5.85. The maximum Gasteiger partial charge on any atom is 0.237 e. The number of hydrogen-bond donors (Lipinski definition) is 2. The summed E-state index contributed by atoms with van der Waals surface area (Å²) < 4.78 is 5.67. The largest absolute Gasteiger partial charge is 0.373 e. The van der Waals surface area contributed by atoms with Crippen molar-refractivity contribution in [3.63, 3.8) is 0 Å². The second kappa shape index (κ2) is 4.49. The standard InChI is InChI=1S/C11H20N2O2/c1-7-2-5-9(15-7)10(11(12)14)13-6-8-3-4-8/h7-10,13H,2-6H2,1H3,(H2,12,14). The zero-order valence-corrected chi connectivity index (χ0v) is 9.24. The van der Waals surface area contributed by atoms with Crippen molar-refractivity contribution in [2.75, 3.05) is 6.54 Å². The minimum atomic E-state index is -0.296. The van der Waals surface area contributed by atoms with Gasteiger partial charge in [0.1, 0.15) is 6.04 Å². The van der Waals surface area contributed by atoms with Crippen LogP contribution in [-0.4, -0.2) is 30.7 Å².